The van der Waals surface area contributed by atoms with E-state index in [2.05, 4.69) is 12.3 Å². The molecule has 0 aromatic rings. The van der Waals surface area contributed by atoms with Gasteiger partial charge in [0.05, 0.1) is 11.5 Å². The maximum Gasteiger partial charge on any atom is 0.0693 e. The van der Waals surface area contributed by atoms with Crippen LogP contribution in [0.15, 0.2) is 0 Å². The number of hydrogen-bond acceptors (Lipinski definition) is 2. The number of hydrogen-bond donors (Lipinski definition) is 0. The zero-order valence-electron chi connectivity index (χ0n) is 6.13. The summed E-state index contributed by atoms with van der Waals surface area (Å²) in [5.74, 6) is 0.757. The van der Waals surface area contributed by atoms with Gasteiger partial charge in [0, 0.05) is 5.25 Å². The van der Waals surface area contributed by atoms with Gasteiger partial charge in [-0.2, -0.15) is 17.0 Å². The van der Waals surface area contributed by atoms with Crippen molar-refractivity contribution in [3.05, 3.63) is 0 Å². The molecule has 2 rings (SSSR count). The molecule has 2 heteroatoms. The van der Waals surface area contributed by atoms with Gasteiger partial charge in [0.2, 0.25) is 0 Å². The molecular formula is C8H11NS. The summed E-state index contributed by atoms with van der Waals surface area (Å²) in [6.07, 6.45) is 5.80. The van der Waals surface area contributed by atoms with Crippen LogP contribution in [-0.4, -0.2) is 11.5 Å². The Bertz CT molecular complexity index is 196. The van der Waals surface area contributed by atoms with Gasteiger partial charge in [-0.3, -0.25) is 0 Å². The molecule has 2 fully saturated rings. The highest BCUT2D eigenvalue weighted by Gasteiger charge is 2.60. The molecular weight excluding hydrogens is 142 g/mol. The molecule has 10 heavy (non-hydrogen) atoms. The molecule has 0 N–H and O–H groups in total. The maximum absolute atomic E-state index is 8.82. The third-order valence-corrected chi connectivity index (χ3v) is 4.25. The van der Waals surface area contributed by atoms with Gasteiger partial charge in [-0.1, -0.05) is 0 Å². The molecule has 0 saturated heterocycles. The predicted molar refractivity (Wildman–Crippen MR) is 42.7 cm³/mol. The molecule has 2 saturated carbocycles. The fourth-order valence-corrected chi connectivity index (χ4v) is 3.42. The molecule has 0 radical (unpaired) electrons. The first-order chi connectivity index (χ1) is 4.82. The van der Waals surface area contributed by atoms with E-state index < -0.39 is 0 Å². The van der Waals surface area contributed by atoms with E-state index in [1.165, 1.54) is 12.8 Å². The number of fused-ring (bicyclic) bond motifs is 1. The number of nitrogens with zero attached hydrogens (tertiary/aromatic N) is 1. The fourth-order valence-electron chi connectivity index (χ4n) is 2.23. The Labute approximate surface area is 65.8 Å². The van der Waals surface area contributed by atoms with Crippen LogP contribution in [0, 0.1) is 22.7 Å². The Kier molecular flexibility index (Phi) is 1.25. The number of rotatable bonds is 1. The topological polar surface area (TPSA) is 23.8 Å². The Hall–Kier alpha value is -0.160. The van der Waals surface area contributed by atoms with Crippen molar-refractivity contribution in [3.63, 3.8) is 0 Å². The average molecular weight is 153 g/mol. The molecule has 2 aliphatic rings. The van der Waals surface area contributed by atoms with Crippen LogP contribution in [0.3, 0.4) is 0 Å². The van der Waals surface area contributed by atoms with Crippen LogP contribution in [0.2, 0.25) is 0 Å². The van der Waals surface area contributed by atoms with E-state index in [0.29, 0.717) is 0 Å². The SMILES string of the molecule is CSC1CC2(C#N)CCC12. The van der Waals surface area contributed by atoms with Crippen molar-refractivity contribution < 1.29 is 0 Å². The summed E-state index contributed by atoms with van der Waals surface area (Å²) in [5, 5.41) is 9.63. The molecule has 0 amide bonds. The Morgan fingerprint density at radius 1 is 1.70 bits per heavy atom. The van der Waals surface area contributed by atoms with Gasteiger partial charge in [0.15, 0.2) is 0 Å². The van der Waals surface area contributed by atoms with Crippen molar-refractivity contribution in [2.24, 2.45) is 11.3 Å². The van der Waals surface area contributed by atoms with Gasteiger partial charge in [0.25, 0.3) is 0 Å². The largest absolute Gasteiger partial charge is 0.198 e. The van der Waals surface area contributed by atoms with Gasteiger partial charge < -0.3 is 0 Å². The molecule has 2 aliphatic carbocycles. The lowest BCUT2D eigenvalue weighted by atomic mass is 9.48. The summed E-state index contributed by atoms with van der Waals surface area (Å²) in [4.78, 5) is 0. The second-order valence-electron chi connectivity index (χ2n) is 3.39. The molecule has 54 valence electrons. The minimum absolute atomic E-state index is 0.160. The highest BCUT2D eigenvalue weighted by atomic mass is 32.2. The van der Waals surface area contributed by atoms with Gasteiger partial charge >= 0.3 is 0 Å². The molecule has 3 unspecified atom stereocenters. The van der Waals surface area contributed by atoms with E-state index in [1.807, 2.05) is 11.8 Å². The lowest BCUT2D eigenvalue weighted by molar-refractivity contribution is -0.00972. The van der Waals surface area contributed by atoms with Crippen molar-refractivity contribution in [1.29, 1.82) is 5.26 Å². The van der Waals surface area contributed by atoms with E-state index in [0.717, 1.165) is 17.6 Å². The summed E-state index contributed by atoms with van der Waals surface area (Å²) in [6.45, 7) is 0. The first kappa shape index (κ1) is 6.54. The van der Waals surface area contributed by atoms with Crippen molar-refractivity contribution in [3.8, 4) is 6.07 Å². The van der Waals surface area contributed by atoms with Gasteiger partial charge in [0.1, 0.15) is 0 Å². The van der Waals surface area contributed by atoms with Crippen LogP contribution in [0.25, 0.3) is 0 Å². The van der Waals surface area contributed by atoms with E-state index in [4.69, 9.17) is 5.26 Å². The molecule has 0 aromatic heterocycles. The zero-order valence-corrected chi connectivity index (χ0v) is 6.95. The Balaban J connectivity index is 2.05. The van der Waals surface area contributed by atoms with E-state index >= 15 is 0 Å². The van der Waals surface area contributed by atoms with Crippen LogP contribution in [0.1, 0.15) is 19.3 Å². The smallest absolute Gasteiger partial charge is 0.0693 e. The quantitative estimate of drug-likeness (QED) is 0.575. The van der Waals surface area contributed by atoms with E-state index in [9.17, 15) is 0 Å². The second-order valence-corrected chi connectivity index (χ2v) is 4.47. The summed E-state index contributed by atoms with van der Waals surface area (Å²) in [7, 11) is 0. The van der Waals surface area contributed by atoms with Gasteiger partial charge in [-0.05, 0) is 31.4 Å². The van der Waals surface area contributed by atoms with Crippen molar-refractivity contribution in [2.45, 2.75) is 24.5 Å². The van der Waals surface area contributed by atoms with E-state index in [-0.39, 0.29) is 5.41 Å². The summed E-state index contributed by atoms with van der Waals surface area (Å²) >= 11 is 1.94. The molecule has 0 heterocycles. The number of thioether (sulfide) groups is 1. The van der Waals surface area contributed by atoms with Crippen molar-refractivity contribution in [1.82, 2.24) is 0 Å². The summed E-state index contributed by atoms with van der Waals surface area (Å²) in [6, 6.07) is 2.47. The normalized spacial score (nSPS) is 50.0. The third-order valence-electron chi connectivity index (χ3n) is 3.15. The van der Waals surface area contributed by atoms with Crippen LogP contribution in [0.5, 0.6) is 0 Å². The summed E-state index contributed by atoms with van der Waals surface area (Å²) in [5.41, 5.74) is 0.160. The van der Waals surface area contributed by atoms with Crippen LogP contribution >= 0.6 is 11.8 Å². The van der Waals surface area contributed by atoms with Crippen LogP contribution in [-0.2, 0) is 0 Å². The van der Waals surface area contributed by atoms with Gasteiger partial charge in [-0.25, -0.2) is 0 Å². The molecule has 0 aromatic carbocycles. The van der Waals surface area contributed by atoms with Crippen LogP contribution < -0.4 is 0 Å². The van der Waals surface area contributed by atoms with Crippen molar-refractivity contribution >= 4 is 11.8 Å². The highest BCUT2D eigenvalue weighted by molar-refractivity contribution is 7.99. The van der Waals surface area contributed by atoms with Crippen LogP contribution in [0.4, 0.5) is 0 Å². The number of nitriles is 1. The molecule has 3 atom stereocenters. The molecule has 1 nitrogen and oxygen atoms in total. The lowest BCUT2D eigenvalue weighted by Gasteiger charge is -2.58. The monoisotopic (exact) mass is 153 g/mol. The second kappa shape index (κ2) is 1.92. The zero-order chi connectivity index (χ0) is 7.19. The average Bonchev–Trinajstić information content (AvgIpc) is 1.94. The molecule has 0 bridgehead atoms. The fraction of sp³-hybridized carbons (Fsp3) is 0.875. The summed E-state index contributed by atoms with van der Waals surface area (Å²) < 4.78 is 0. The molecule has 0 spiro atoms. The standard InChI is InChI=1S/C8H11NS/c1-10-7-4-8(5-9)3-2-6(7)8/h6-7H,2-4H2,1H3. The predicted octanol–water partition coefficient (Wildman–Crippen LogP) is 2.04. The first-order valence-electron chi connectivity index (χ1n) is 3.76. The minimum atomic E-state index is 0.160. The Morgan fingerprint density at radius 2 is 2.50 bits per heavy atom. The Morgan fingerprint density at radius 3 is 2.80 bits per heavy atom. The van der Waals surface area contributed by atoms with Crippen molar-refractivity contribution in [2.75, 3.05) is 6.26 Å². The lowest BCUT2D eigenvalue weighted by Crippen LogP contribution is -2.56. The third kappa shape index (κ3) is 0.549. The molecule has 0 aliphatic heterocycles. The van der Waals surface area contributed by atoms with Gasteiger partial charge in [-0.15, -0.1) is 0 Å². The highest BCUT2D eigenvalue weighted by Crippen LogP contribution is 2.63. The first-order valence-corrected chi connectivity index (χ1v) is 5.05. The minimum Gasteiger partial charge on any atom is -0.198 e. The van der Waals surface area contributed by atoms with E-state index in [1.54, 1.807) is 0 Å². The maximum atomic E-state index is 8.82.